The molecule has 0 radical (unpaired) electrons. The molecule has 6 nitrogen and oxygen atoms in total. The van der Waals surface area contributed by atoms with Crippen LogP contribution in [0.15, 0.2) is 27.6 Å². The Balaban J connectivity index is 1.42. The van der Waals surface area contributed by atoms with Crippen molar-refractivity contribution in [2.45, 2.75) is 95.5 Å². The fourth-order valence-corrected chi connectivity index (χ4v) is 9.14. The first-order valence-electron chi connectivity index (χ1n) is 12.3. The molecule has 0 amide bonds. The fourth-order valence-electron chi connectivity index (χ4n) is 9.14. The van der Waals surface area contributed by atoms with E-state index >= 15 is 0 Å². The number of fused-ring (bicyclic) bond motifs is 3. The minimum atomic E-state index is -0.378. The van der Waals surface area contributed by atoms with Crippen molar-refractivity contribution in [2.24, 2.45) is 28.6 Å². The quantitative estimate of drug-likeness (QED) is 0.554. The first-order chi connectivity index (χ1) is 15.2. The normalized spacial score (nSPS) is 51.1. The zero-order chi connectivity index (χ0) is 22.5. The maximum Gasteiger partial charge on any atom is 0.335 e. The number of carbonyl (C=O) groups excluding carboxylic acids is 1. The van der Waals surface area contributed by atoms with Gasteiger partial charge in [-0.15, -0.1) is 0 Å². The molecule has 2 heterocycles. The van der Waals surface area contributed by atoms with Gasteiger partial charge in [0.25, 0.3) is 0 Å². The van der Waals surface area contributed by atoms with Gasteiger partial charge in [0.05, 0.1) is 12.4 Å². The molecule has 10 atom stereocenters. The summed E-state index contributed by atoms with van der Waals surface area (Å²) < 4.78 is 17.6. The maximum absolute atomic E-state index is 12.1. The third-order valence-corrected chi connectivity index (χ3v) is 10.5. The second kappa shape index (κ2) is 6.69. The molecule has 10 unspecified atom stereocenters. The molecule has 4 aliphatic carbocycles. The van der Waals surface area contributed by atoms with Gasteiger partial charge in [-0.25, -0.2) is 4.79 Å². The van der Waals surface area contributed by atoms with E-state index < -0.39 is 0 Å². The average molecular weight is 443 g/mol. The van der Waals surface area contributed by atoms with E-state index in [0.717, 1.165) is 50.5 Å². The van der Waals surface area contributed by atoms with E-state index in [0.29, 0.717) is 17.8 Å². The first-order valence-corrected chi connectivity index (χ1v) is 12.3. The predicted octanol–water partition coefficient (Wildman–Crippen LogP) is 3.80. The van der Waals surface area contributed by atoms with E-state index in [9.17, 15) is 14.7 Å². The van der Waals surface area contributed by atoms with Crippen molar-refractivity contribution in [1.29, 1.82) is 0 Å². The van der Waals surface area contributed by atoms with Crippen LogP contribution in [0.5, 0.6) is 0 Å². The van der Waals surface area contributed by atoms with Gasteiger partial charge in [-0.05, 0) is 79.7 Å². The van der Waals surface area contributed by atoms with Crippen LogP contribution in [0.1, 0.15) is 77.2 Å². The molecular formula is C26H34O6. The number of ether oxygens (including phenoxy) is 2. The highest BCUT2D eigenvalue weighted by Gasteiger charge is 2.84. The summed E-state index contributed by atoms with van der Waals surface area (Å²) in [6, 6.07) is 3.43. The summed E-state index contributed by atoms with van der Waals surface area (Å²) >= 11 is 0. The van der Waals surface area contributed by atoms with E-state index in [1.165, 1.54) is 13.2 Å². The Morgan fingerprint density at radius 1 is 1.16 bits per heavy atom. The minimum Gasteiger partial charge on any atom is -0.459 e. The number of aliphatic hydroxyl groups is 1. The Bertz CT molecular complexity index is 1000. The van der Waals surface area contributed by atoms with E-state index in [4.69, 9.17) is 13.9 Å². The Kier molecular flexibility index (Phi) is 4.37. The molecule has 1 saturated heterocycles. The molecule has 1 aliphatic heterocycles. The fraction of sp³-hybridized carbons (Fsp3) is 0.769. The van der Waals surface area contributed by atoms with Gasteiger partial charge in [-0.3, -0.25) is 4.79 Å². The van der Waals surface area contributed by atoms with E-state index in [2.05, 4.69) is 13.8 Å². The number of aliphatic hydroxyl groups excluding tert-OH is 1. The Hall–Kier alpha value is -1.66. The molecule has 6 rings (SSSR count). The van der Waals surface area contributed by atoms with E-state index in [-0.39, 0.29) is 52.3 Å². The first kappa shape index (κ1) is 20.9. The maximum atomic E-state index is 12.1. The predicted molar refractivity (Wildman–Crippen MR) is 116 cm³/mol. The summed E-state index contributed by atoms with van der Waals surface area (Å²) in [5.74, 6) is 1.18. The molecule has 4 saturated carbocycles. The third kappa shape index (κ3) is 2.54. The zero-order valence-corrected chi connectivity index (χ0v) is 19.2. The lowest BCUT2D eigenvalue weighted by Crippen LogP contribution is -2.58. The van der Waals surface area contributed by atoms with Gasteiger partial charge in [0.15, 0.2) is 0 Å². The van der Waals surface area contributed by atoms with Gasteiger partial charge in [-0.1, -0.05) is 13.8 Å². The number of carbonyl (C=O) groups is 1. The largest absolute Gasteiger partial charge is 0.459 e. The van der Waals surface area contributed by atoms with Crippen LogP contribution < -0.4 is 5.63 Å². The van der Waals surface area contributed by atoms with Crippen molar-refractivity contribution in [2.75, 3.05) is 0 Å². The summed E-state index contributed by atoms with van der Waals surface area (Å²) in [5.41, 5.74) is 0.248. The lowest BCUT2D eigenvalue weighted by atomic mass is 9.44. The molecule has 0 aromatic carbocycles. The smallest absolute Gasteiger partial charge is 0.335 e. The molecule has 0 bridgehead atoms. The summed E-state index contributed by atoms with van der Waals surface area (Å²) in [4.78, 5) is 24.1. The molecule has 1 N–H and O–H groups in total. The lowest BCUT2D eigenvalue weighted by molar-refractivity contribution is -0.158. The average Bonchev–Trinajstić information content (AvgIpc) is 3.43. The minimum absolute atomic E-state index is 0.0751. The number of rotatable bonds is 2. The summed E-state index contributed by atoms with van der Waals surface area (Å²) in [6.07, 6.45) is 8.02. The van der Waals surface area contributed by atoms with Gasteiger partial charge in [0.1, 0.15) is 17.8 Å². The number of epoxide rings is 1. The topological polar surface area (TPSA) is 89.3 Å². The van der Waals surface area contributed by atoms with Gasteiger partial charge < -0.3 is 19.0 Å². The molecule has 32 heavy (non-hydrogen) atoms. The Morgan fingerprint density at radius 2 is 1.97 bits per heavy atom. The number of hydrogen-bond acceptors (Lipinski definition) is 6. The van der Waals surface area contributed by atoms with Crippen LogP contribution in [-0.2, 0) is 14.3 Å². The van der Waals surface area contributed by atoms with Crippen LogP contribution in [0.3, 0.4) is 0 Å². The molecule has 174 valence electrons. The van der Waals surface area contributed by atoms with Crippen molar-refractivity contribution < 1.29 is 23.8 Å². The molecule has 6 heteroatoms. The molecule has 1 aromatic rings. The standard InChI is InChI=1S/C26H34O6/c1-14(27)31-22-21(15-8-11-30-20(29)12-15)25(3)10-7-18-19(26(25)23(22)32-26)5-4-16-13-17(28)6-9-24(16,18)2/h8,11-12,16-19,21-23,28H,4-7,9-10,13H2,1-3H3. The van der Waals surface area contributed by atoms with Crippen LogP contribution in [0, 0.1) is 28.6 Å². The van der Waals surface area contributed by atoms with Crippen LogP contribution in [-0.4, -0.2) is 35.0 Å². The van der Waals surface area contributed by atoms with Crippen molar-refractivity contribution in [1.82, 2.24) is 0 Å². The molecule has 5 aliphatic rings. The highest BCUT2D eigenvalue weighted by atomic mass is 16.7. The molecule has 1 aromatic heterocycles. The zero-order valence-electron chi connectivity index (χ0n) is 19.2. The lowest BCUT2D eigenvalue weighted by Gasteiger charge is -2.61. The summed E-state index contributed by atoms with van der Waals surface area (Å²) in [7, 11) is 0. The van der Waals surface area contributed by atoms with Gasteiger partial charge in [0.2, 0.25) is 0 Å². The van der Waals surface area contributed by atoms with Crippen molar-refractivity contribution in [3.05, 3.63) is 34.4 Å². The number of hydrogen-bond donors (Lipinski definition) is 1. The van der Waals surface area contributed by atoms with Crippen LogP contribution in [0.2, 0.25) is 0 Å². The molecular weight excluding hydrogens is 408 g/mol. The SMILES string of the molecule is CC(=O)OC1C(c2ccoc(=O)c2)C2(C)CCC3C(CCC4CC(O)CCC43C)C23OC13. The van der Waals surface area contributed by atoms with Gasteiger partial charge in [-0.2, -0.15) is 0 Å². The van der Waals surface area contributed by atoms with Crippen molar-refractivity contribution in [3.63, 3.8) is 0 Å². The second-order valence-electron chi connectivity index (χ2n) is 11.6. The van der Waals surface area contributed by atoms with Crippen LogP contribution in [0.4, 0.5) is 0 Å². The van der Waals surface area contributed by atoms with Crippen LogP contribution >= 0.6 is 0 Å². The Labute approximate surface area is 188 Å². The summed E-state index contributed by atoms with van der Waals surface area (Å²) in [6.45, 7) is 6.21. The van der Waals surface area contributed by atoms with Crippen molar-refractivity contribution in [3.8, 4) is 0 Å². The molecule has 5 fully saturated rings. The Morgan fingerprint density at radius 3 is 2.72 bits per heavy atom. The molecule has 1 spiro atoms. The second-order valence-corrected chi connectivity index (χ2v) is 11.6. The van der Waals surface area contributed by atoms with E-state index in [1.54, 1.807) is 6.07 Å². The van der Waals surface area contributed by atoms with Crippen molar-refractivity contribution >= 4 is 5.97 Å². The number of esters is 1. The monoisotopic (exact) mass is 442 g/mol. The van der Waals surface area contributed by atoms with E-state index in [1.807, 2.05) is 6.07 Å². The van der Waals surface area contributed by atoms with Gasteiger partial charge >= 0.3 is 11.6 Å². The third-order valence-electron chi connectivity index (χ3n) is 10.5. The van der Waals surface area contributed by atoms with Crippen LogP contribution in [0.25, 0.3) is 0 Å². The van der Waals surface area contributed by atoms with Gasteiger partial charge in [0, 0.05) is 24.3 Å². The summed E-state index contributed by atoms with van der Waals surface area (Å²) in [5, 5.41) is 10.3. The highest BCUT2D eigenvalue weighted by molar-refractivity contribution is 5.66. The highest BCUT2D eigenvalue weighted by Crippen LogP contribution is 2.78.